The van der Waals surface area contributed by atoms with Gasteiger partial charge in [-0.05, 0) is 42.9 Å². The van der Waals surface area contributed by atoms with Crippen LogP contribution in [0.4, 0.5) is 10.5 Å². The molecular formula is C16H20N2O3. The maximum absolute atomic E-state index is 11.8. The summed E-state index contributed by atoms with van der Waals surface area (Å²) < 4.78 is 0. The van der Waals surface area contributed by atoms with Gasteiger partial charge < -0.3 is 15.7 Å². The summed E-state index contributed by atoms with van der Waals surface area (Å²) in [5.74, 6) is -0.388. The largest absolute Gasteiger partial charge is 0.481 e. The van der Waals surface area contributed by atoms with E-state index >= 15 is 0 Å². The molecule has 1 aromatic carbocycles. The third kappa shape index (κ3) is 5.30. The molecule has 112 valence electrons. The van der Waals surface area contributed by atoms with E-state index in [1.54, 1.807) is 24.3 Å². The van der Waals surface area contributed by atoms with Gasteiger partial charge in [0.2, 0.25) is 0 Å². The van der Waals surface area contributed by atoms with Crippen LogP contribution in [-0.2, 0) is 11.2 Å². The van der Waals surface area contributed by atoms with E-state index in [1.165, 1.54) is 0 Å². The molecule has 1 aliphatic carbocycles. The number of nitrogens with one attached hydrogen (secondary N) is 2. The number of hydrogen-bond acceptors (Lipinski definition) is 2. The third-order valence-corrected chi connectivity index (χ3v) is 3.47. The molecule has 0 saturated heterocycles. The van der Waals surface area contributed by atoms with Crippen LogP contribution in [-0.4, -0.2) is 23.7 Å². The molecule has 21 heavy (non-hydrogen) atoms. The summed E-state index contributed by atoms with van der Waals surface area (Å²) in [7, 11) is 0. The van der Waals surface area contributed by atoms with Gasteiger partial charge in [-0.3, -0.25) is 4.79 Å². The quantitative estimate of drug-likeness (QED) is 0.729. The van der Waals surface area contributed by atoms with E-state index in [0.717, 1.165) is 19.3 Å². The van der Waals surface area contributed by atoms with E-state index < -0.39 is 5.97 Å². The van der Waals surface area contributed by atoms with Crippen molar-refractivity contribution in [2.75, 3.05) is 11.9 Å². The van der Waals surface area contributed by atoms with Crippen molar-refractivity contribution in [1.82, 2.24) is 5.32 Å². The topological polar surface area (TPSA) is 78.4 Å². The molecule has 1 aliphatic rings. The van der Waals surface area contributed by atoms with Gasteiger partial charge in [-0.2, -0.15) is 0 Å². The van der Waals surface area contributed by atoms with Gasteiger partial charge >= 0.3 is 12.0 Å². The van der Waals surface area contributed by atoms with E-state index in [1.807, 2.05) is 0 Å². The summed E-state index contributed by atoms with van der Waals surface area (Å²) in [5.41, 5.74) is 1.27. The number of carboxylic acids is 1. The first-order chi connectivity index (χ1) is 10.1. The van der Waals surface area contributed by atoms with Gasteiger partial charge in [0.25, 0.3) is 0 Å². The molecule has 0 aliphatic heterocycles. The normalized spacial score (nSPS) is 17.2. The monoisotopic (exact) mass is 288 g/mol. The smallest absolute Gasteiger partial charge is 0.319 e. The molecule has 2 amide bonds. The van der Waals surface area contributed by atoms with Crippen molar-refractivity contribution in [2.45, 2.75) is 25.7 Å². The van der Waals surface area contributed by atoms with Crippen LogP contribution >= 0.6 is 0 Å². The first-order valence-electron chi connectivity index (χ1n) is 7.14. The SMILES string of the molecule is O=C(O)Cc1cccc(NC(=O)NCC2CC=CCC2)c1. The summed E-state index contributed by atoms with van der Waals surface area (Å²) in [5, 5.41) is 14.4. The van der Waals surface area contributed by atoms with Gasteiger partial charge in [-0.1, -0.05) is 24.3 Å². The highest BCUT2D eigenvalue weighted by molar-refractivity contribution is 5.89. The molecule has 0 saturated carbocycles. The van der Waals surface area contributed by atoms with Crippen LogP contribution in [0.3, 0.4) is 0 Å². The first kappa shape index (κ1) is 15.1. The molecule has 0 bridgehead atoms. The predicted octanol–water partition coefficient (Wildman–Crippen LogP) is 2.79. The van der Waals surface area contributed by atoms with E-state index in [-0.39, 0.29) is 12.5 Å². The molecule has 5 nitrogen and oxygen atoms in total. The predicted molar refractivity (Wildman–Crippen MR) is 81.3 cm³/mol. The highest BCUT2D eigenvalue weighted by Gasteiger charge is 2.11. The molecule has 0 fully saturated rings. The standard InChI is InChI=1S/C16H20N2O3/c19-15(20)10-13-7-4-8-14(9-13)18-16(21)17-11-12-5-2-1-3-6-12/h1-2,4,7-9,12H,3,5-6,10-11H2,(H,19,20)(H2,17,18,21). The van der Waals surface area contributed by atoms with E-state index in [9.17, 15) is 9.59 Å². The van der Waals surface area contributed by atoms with Crippen molar-refractivity contribution in [1.29, 1.82) is 0 Å². The maximum atomic E-state index is 11.8. The Hall–Kier alpha value is -2.30. The minimum absolute atomic E-state index is 0.0501. The number of aliphatic carboxylic acids is 1. The zero-order chi connectivity index (χ0) is 15.1. The fourth-order valence-electron chi connectivity index (χ4n) is 2.39. The molecule has 3 N–H and O–H groups in total. The average Bonchev–Trinajstić information content (AvgIpc) is 2.46. The van der Waals surface area contributed by atoms with Gasteiger partial charge in [0.05, 0.1) is 6.42 Å². The van der Waals surface area contributed by atoms with Crippen molar-refractivity contribution in [3.05, 3.63) is 42.0 Å². The number of carboxylic acid groups (broad SMARTS) is 1. The molecule has 0 heterocycles. The second-order valence-electron chi connectivity index (χ2n) is 5.26. The number of amides is 2. The summed E-state index contributed by atoms with van der Waals surface area (Å²) >= 11 is 0. The second-order valence-corrected chi connectivity index (χ2v) is 5.26. The van der Waals surface area contributed by atoms with Crippen molar-refractivity contribution in [3.63, 3.8) is 0 Å². The third-order valence-electron chi connectivity index (χ3n) is 3.47. The Morgan fingerprint density at radius 2 is 2.14 bits per heavy atom. The van der Waals surface area contributed by atoms with Crippen molar-refractivity contribution in [2.24, 2.45) is 5.92 Å². The number of rotatable bonds is 5. The van der Waals surface area contributed by atoms with Crippen LogP contribution in [0.5, 0.6) is 0 Å². The molecule has 1 atom stereocenters. The van der Waals surface area contributed by atoms with Gasteiger partial charge in [-0.15, -0.1) is 0 Å². The summed E-state index contributed by atoms with van der Waals surface area (Å²) in [4.78, 5) is 22.5. The molecular weight excluding hydrogens is 268 g/mol. The second kappa shape index (κ2) is 7.47. The van der Waals surface area contributed by atoms with Gasteiger partial charge in [0, 0.05) is 12.2 Å². The lowest BCUT2D eigenvalue weighted by molar-refractivity contribution is -0.136. The Balaban J connectivity index is 1.81. The van der Waals surface area contributed by atoms with E-state index in [0.29, 0.717) is 23.7 Å². The van der Waals surface area contributed by atoms with Crippen molar-refractivity contribution >= 4 is 17.7 Å². The summed E-state index contributed by atoms with van der Waals surface area (Å²) in [6.07, 6.45) is 7.46. The molecule has 0 radical (unpaired) electrons. The number of urea groups is 1. The Bertz CT molecular complexity index is 540. The lowest BCUT2D eigenvalue weighted by Crippen LogP contribution is -2.33. The van der Waals surface area contributed by atoms with Crippen molar-refractivity contribution in [3.8, 4) is 0 Å². The minimum atomic E-state index is -0.887. The van der Waals surface area contributed by atoms with Gasteiger partial charge in [-0.25, -0.2) is 4.79 Å². The minimum Gasteiger partial charge on any atom is -0.481 e. The summed E-state index contributed by atoms with van der Waals surface area (Å²) in [6.45, 7) is 0.658. The summed E-state index contributed by atoms with van der Waals surface area (Å²) in [6, 6.07) is 6.63. The Morgan fingerprint density at radius 3 is 2.86 bits per heavy atom. The van der Waals surface area contributed by atoms with Crippen molar-refractivity contribution < 1.29 is 14.7 Å². The molecule has 5 heteroatoms. The zero-order valence-electron chi connectivity index (χ0n) is 11.8. The highest BCUT2D eigenvalue weighted by atomic mass is 16.4. The van der Waals surface area contributed by atoms with Gasteiger partial charge in [0.15, 0.2) is 0 Å². The Morgan fingerprint density at radius 1 is 1.29 bits per heavy atom. The number of allylic oxidation sites excluding steroid dienone is 2. The van der Waals surface area contributed by atoms with Crippen LogP contribution in [0.25, 0.3) is 0 Å². The van der Waals surface area contributed by atoms with E-state index in [4.69, 9.17) is 5.11 Å². The number of carbonyl (C=O) groups is 2. The fraction of sp³-hybridized carbons (Fsp3) is 0.375. The molecule has 2 rings (SSSR count). The zero-order valence-corrected chi connectivity index (χ0v) is 11.8. The van der Waals surface area contributed by atoms with E-state index in [2.05, 4.69) is 22.8 Å². The van der Waals surface area contributed by atoms with Crippen LogP contribution in [0.1, 0.15) is 24.8 Å². The average molecular weight is 288 g/mol. The number of carbonyl (C=O) groups excluding carboxylic acids is 1. The number of anilines is 1. The number of hydrogen-bond donors (Lipinski definition) is 3. The molecule has 1 aromatic rings. The lowest BCUT2D eigenvalue weighted by atomic mass is 9.94. The molecule has 0 aromatic heterocycles. The Kier molecular flexibility index (Phi) is 5.37. The lowest BCUT2D eigenvalue weighted by Gasteiger charge is -2.18. The van der Waals surface area contributed by atoms with Crippen LogP contribution < -0.4 is 10.6 Å². The maximum Gasteiger partial charge on any atom is 0.319 e. The number of benzene rings is 1. The fourth-order valence-corrected chi connectivity index (χ4v) is 2.39. The van der Waals surface area contributed by atoms with Crippen LogP contribution in [0, 0.1) is 5.92 Å². The Labute approximate surface area is 124 Å². The highest BCUT2D eigenvalue weighted by Crippen LogP contribution is 2.17. The first-order valence-corrected chi connectivity index (χ1v) is 7.14. The van der Waals surface area contributed by atoms with Crippen LogP contribution in [0.15, 0.2) is 36.4 Å². The van der Waals surface area contributed by atoms with Gasteiger partial charge in [0.1, 0.15) is 0 Å². The molecule has 1 unspecified atom stereocenters. The van der Waals surface area contributed by atoms with Crippen LogP contribution in [0.2, 0.25) is 0 Å². The molecule has 0 spiro atoms.